The van der Waals surface area contributed by atoms with Gasteiger partial charge in [0, 0.05) is 43.0 Å². The Hall–Kier alpha value is -4.18. The van der Waals surface area contributed by atoms with Crippen molar-refractivity contribution in [3.8, 4) is 11.1 Å². The minimum Gasteiger partial charge on any atom is -0.394 e. The van der Waals surface area contributed by atoms with E-state index in [1.807, 2.05) is 12.1 Å². The summed E-state index contributed by atoms with van der Waals surface area (Å²) in [4.78, 5) is 40.9. The summed E-state index contributed by atoms with van der Waals surface area (Å²) in [6, 6.07) is 17.1. The number of ketones is 1. The number of halogens is 3. The molecule has 10 heteroatoms. The van der Waals surface area contributed by atoms with Crippen LogP contribution in [0.1, 0.15) is 33.2 Å². The molecule has 2 N–H and O–H groups in total. The van der Waals surface area contributed by atoms with Crippen molar-refractivity contribution in [2.45, 2.75) is 19.1 Å². The number of carbonyl (C=O) groups is 3. The normalized spacial score (nSPS) is 14.6. The van der Waals surface area contributed by atoms with Gasteiger partial charge in [0.2, 0.25) is 5.91 Å². The Labute approximate surface area is 223 Å². The van der Waals surface area contributed by atoms with Gasteiger partial charge >= 0.3 is 6.18 Å². The fourth-order valence-corrected chi connectivity index (χ4v) is 4.41. The Morgan fingerprint density at radius 2 is 1.33 bits per heavy atom. The molecule has 204 valence electrons. The van der Waals surface area contributed by atoms with Crippen molar-refractivity contribution in [1.82, 2.24) is 10.2 Å². The number of hydrogen-bond acceptors (Lipinski definition) is 5. The highest BCUT2D eigenvalue weighted by Gasteiger charge is 2.30. The molecule has 0 aromatic heterocycles. The van der Waals surface area contributed by atoms with E-state index in [-0.39, 0.29) is 17.3 Å². The van der Waals surface area contributed by atoms with E-state index in [4.69, 9.17) is 0 Å². The first-order valence-corrected chi connectivity index (χ1v) is 12.4. The maximum atomic E-state index is 13.0. The maximum absolute atomic E-state index is 13.0. The van der Waals surface area contributed by atoms with E-state index < -0.39 is 30.3 Å². The summed E-state index contributed by atoms with van der Waals surface area (Å²) < 4.78 is 38.4. The zero-order valence-corrected chi connectivity index (χ0v) is 21.2. The highest BCUT2D eigenvalue weighted by molar-refractivity contribution is 5.98. The highest BCUT2D eigenvalue weighted by Crippen LogP contribution is 2.31. The number of rotatable bonds is 7. The predicted octanol–water partition coefficient (Wildman–Crippen LogP) is 4.01. The number of amides is 2. The van der Waals surface area contributed by atoms with Crippen molar-refractivity contribution >= 4 is 23.3 Å². The van der Waals surface area contributed by atoms with E-state index in [2.05, 4.69) is 10.2 Å². The molecule has 1 heterocycles. The molecule has 0 saturated carbocycles. The van der Waals surface area contributed by atoms with Gasteiger partial charge in [0.05, 0.1) is 12.2 Å². The van der Waals surface area contributed by atoms with Crippen LogP contribution in [0.25, 0.3) is 11.1 Å². The number of anilines is 1. The molecule has 0 spiro atoms. The SMILES string of the molecule is CC(=O)c1ccc(N2CCN(C(=O)[C@H](CO)NC(=O)c3ccc(-c4ccc(C(F)(F)F)cc4)cc3)CC2)cc1. The number of nitrogens with zero attached hydrogens (tertiary/aromatic N) is 2. The molecule has 1 aliphatic heterocycles. The van der Waals surface area contributed by atoms with Crippen LogP contribution in [0.15, 0.2) is 72.8 Å². The number of carbonyl (C=O) groups excluding carboxylic acids is 3. The fraction of sp³-hybridized carbons (Fsp3) is 0.276. The van der Waals surface area contributed by atoms with Gasteiger partial charge in [0.25, 0.3) is 5.91 Å². The van der Waals surface area contributed by atoms with Crippen LogP contribution >= 0.6 is 0 Å². The molecule has 1 aliphatic rings. The third kappa shape index (κ3) is 6.64. The molecule has 7 nitrogen and oxygen atoms in total. The number of alkyl halides is 3. The van der Waals surface area contributed by atoms with E-state index in [0.717, 1.165) is 17.8 Å². The molecule has 3 aromatic rings. The molecule has 3 aromatic carbocycles. The van der Waals surface area contributed by atoms with Crippen LogP contribution < -0.4 is 10.2 Å². The number of hydrogen-bond donors (Lipinski definition) is 2. The largest absolute Gasteiger partial charge is 0.416 e. The molecule has 4 rings (SSSR count). The number of piperazine rings is 1. The van der Waals surface area contributed by atoms with Crippen LogP contribution in [0.4, 0.5) is 18.9 Å². The highest BCUT2D eigenvalue weighted by atomic mass is 19.4. The maximum Gasteiger partial charge on any atom is 0.416 e. The third-order valence-electron chi connectivity index (χ3n) is 6.71. The van der Waals surface area contributed by atoms with Gasteiger partial charge in [-0.3, -0.25) is 14.4 Å². The third-order valence-corrected chi connectivity index (χ3v) is 6.71. The quantitative estimate of drug-likeness (QED) is 0.443. The van der Waals surface area contributed by atoms with Gasteiger partial charge in [0.15, 0.2) is 5.78 Å². The van der Waals surface area contributed by atoms with Gasteiger partial charge in [0.1, 0.15) is 6.04 Å². The molecule has 2 amide bonds. The average molecular weight is 540 g/mol. The first-order valence-electron chi connectivity index (χ1n) is 12.4. The number of aliphatic hydroxyl groups is 1. The zero-order chi connectivity index (χ0) is 28.2. The summed E-state index contributed by atoms with van der Waals surface area (Å²) in [6.07, 6.45) is -4.42. The molecule has 0 radical (unpaired) electrons. The first kappa shape index (κ1) is 27.8. The Morgan fingerprint density at radius 1 is 0.821 bits per heavy atom. The Morgan fingerprint density at radius 3 is 1.82 bits per heavy atom. The molecule has 1 saturated heterocycles. The smallest absolute Gasteiger partial charge is 0.394 e. The number of Topliss-reactive ketones (excluding diaryl/α,β-unsaturated/α-hetero) is 1. The van der Waals surface area contributed by atoms with Crippen LogP contribution in [-0.2, 0) is 11.0 Å². The molecule has 0 unspecified atom stereocenters. The minimum atomic E-state index is -4.42. The van der Waals surface area contributed by atoms with Crippen molar-refractivity contribution in [2.75, 3.05) is 37.7 Å². The second-order valence-corrected chi connectivity index (χ2v) is 9.28. The number of benzene rings is 3. The monoisotopic (exact) mass is 539 g/mol. The molecular weight excluding hydrogens is 511 g/mol. The summed E-state index contributed by atoms with van der Waals surface area (Å²) in [7, 11) is 0. The lowest BCUT2D eigenvalue weighted by atomic mass is 10.0. The summed E-state index contributed by atoms with van der Waals surface area (Å²) in [5, 5.41) is 12.4. The van der Waals surface area contributed by atoms with E-state index in [1.165, 1.54) is 31.2 Å². The fourth-order valence-electron chi connectivity index (χ4n) is 4.41. The molecule has 0 aliphatic carbocycles. The molecule has 0 bridgehead atoms. The Kier molecular flexibility index (Phi) is 8.35. The summed E-state index contributed by atoms with van der Waals surface area (Å²) in [6.45, 7) is 2.86. The summed E-state index contributed by atoms with van der Waals surface area (Å²) in [5.41, 5.74) is 2.26. The standard InChI is InChI=1S/C29H28F3N3O4/c1-19(37)20-8-12-25(13-9-20)34-14-16-35(17-15-34)28(39)26(18-36)33-27(38)23-4-2-21(3-5-23)22-6-10-24(11-7-22)29(30,31)32/h2-13,26,36H,14-18H2,1H3,(H,33,38)/t26-/m0/s1. The van der Waals surface area contributed by atoms with Crippen molar-refractivity contribution < 1.29 is 32.7 Å². The van der Waals surface area contributed by atoms with Crippen LogP contribution in [0, 0.1) is 0 Å². The summed E-state index contributed by atoms with van der Waals surface area (Å²) in [5.74, 6) is -0.950. The summed E-state index contributed by atoms with van der Waals surface area (Å²) >= 11 is 0. The topological polar surface area (TPSA) is 90.0 Å². The van der Waals surface area contributed by atoms with E-state index in [1.54, 1.807) is 29.2 Å². The van der Waals surface area contributed by atoms with Crippen molar-refractivity contribution in [3.05, 3.63) is 89.5 Å². The van der Waals surface area contributed by atoms with Gasteiger partial charge in [-0.2, -0.15) is 13.2 Å². The minimum absolute atomic E-state index is 0.0100. The first-order chi connectivity index (χ1) is 18.6. The average Bonchev–Trinajstić information content (AvgIpc) is 2.95. The lowest BCUT2D eigenvalue weighted by Gasteiger charge is -2.37. The van der Waals surface area contributed by atoms with Crippen molar-refractivity contribution in [1.29, 1.82) is 0 Å². The van der Waals surface area contributed by atoms with Gasteiger partial charge in [-0.1, -0.05) is 24.3 Å². The van der Waals surface area contributed by atoms with E-state index in [9.17, 15) is 32.7 Å². The van der Waals surface area contributed by atoms with Gasteiger partial charge in [-0.25, -0.2) is 0 Å². The lowest BCUT2D eigenvalue weighted by Crippen LogP contribution is -2.56. The van der Waals surface area contributed by atoms with Crippen LogP contribution in [0.2, 0.25) is 0 Å². The number of aliphatic hydroxyl groups excluding tert-OH is 1. The van der Waals surface area contributed by atoms with Gasteiger partial charge < -0.3 is 20.2 Å². The van der Waals surface area contributed by atoms with Crippen LogP contribution in [0.5, 0.6) is 0 Å². The Bertz CT molecular complexity index is 1320. The van der Waals surface area contributed by atoms with E-state index in [0.29, 0.717) is 42.9 Å². The van der Waals surface area contributed by atoms with Crippen molar-refractivity contribution in [3.63, 3.8) is 0 Å². The molecule has 39 heavy (non-hydrogen) atoms. The Balaban J connectivity index is 1.33. The second-order valence-electron chi connectivity index (χ2n) is 9.28. The second kappa shape index (κ2) is 11.7. The van der Waals surface area contributed by atoms with Gasteiger partial charge in [-0.05, 0) is 66.6 Å². The molecule has 1 fully saturated rings. The van der Waals surface area contributed by atoms with Crippen molar-refractivity contribution in [2.24, 2.45) is 0 Å². The lowest BCUT2D eigenvalue weighted by molar-refractivity contribution is -0.137. The van der Waals surface area contributed by atoms with Crippen LogP contribution in [-0.4, -0.2) is 66.4 Å². The predicted molar refractivity (Wildman–Crippen MR) is 140 cm³/mol. The van der Waals surface area contributed by atoms with Gasteiger partial charge in [-0.15, -0.1) is 0 Å². The molecular formula is C29H28F3N3O4. The molecule has 1 atom stereocenters. The van der Waals surface area contributed by atoms with E-state index >= 15 is 0 Å². The zero-order valence-electron chi connectivity index (χ0n) is 21.2. The number of nitrogens with one attached hydrogen (secondary N) is 1. The van der Waals surface area contributed by atoms with Crippen LogP contribution in [0.3, 0.4) is 0 Å².